The first-order chi connectivity index (χ1) is 32.1. The Morgan fingerprint density at radius 2 is 1.00 bits per heavy atom. The average Bonchev–Trinajstić information content (AvgIpc) is 4.20. The molecule has 0 aliphatic carbocycles. The first-order valence-corrected chi connectivity index (χ1v) is 22.1. The maximum atomic E-state index is 11.8. The number of benzene rings is 5. The Balaban J connectivity index is 1.28. The van der Waals surface area contributed by atoms with Crippen molar-refractivity contribution < 1.29 is 9.66 Å². The molecule has 9 nitrogen and oxygen atoms in total. The van der Waals surface area contributed by atoms with E-state index in [0.29, 0.717) is 6.61 Å². The fourth-order valence-corrected chi connectivity index (χ4v) is 10.3. The molecule has 4 aliphatic rings. The van der Waals surface area contributed by atoms with Gasteiger partial charge in [0, 0.05) is 63.5 Å². The van der Waals surface area contributed by atoms with Crippen LogP contribution in [0.15, 0.2) is 158 Å². The number of ether oxygens (including phenoxy) is 1. The van der Waals surface area contributed by atoms with Gasteiger partial charge < -0.3 is 20.0 Å². The smallest absolute Gasteiger partial charge is 0.269 e. The highest BCUT2D eigenvalue weighted by molar-refractivity contribution is 6.05. The largest absolute Gasteiger partial charge is 0.376 e. The van der Waals surface area contributed by atoms with Crippen LogP contribution in [0.5, 0.6) is 0 Å². The molecule has 0 amide bonds. The van der Waals surface area contributed by atoms with Crippen LogP contribution in [0.4, 0.5) is 11.4 Å². The third-order valence-corrected chi connectivity index (χ3v) is 13.2. The van der Waals surface area contributed by atoms with Gasteiger partial charge in [0.05, 0.1) is 56.6 Å². The Labute approximate surface area is 375 Å². The van der Waals surface area contributed by atoms with Gasteiger partial charge in [-0.2, -0.15) is 0 Å². The highest BCUT2D eigenvalue weighted by atomic mass is 16.6. The number of nitrogens with zero attached hydrogens (tertiary/aromatic N) is 3. The number of non-ortho nitro benzene ring substituents is 1. The third-order valence-electron chi connectivity index (χ3n) is 13.2. The lowest BCUT2D eigenvalue weighted by Gasteiger charge is -2.42. The molecule has 1 saturated heterocycles. The number of aromatic amines is 2. The maximum Gasteiger partial charge on any atom is 0.269 e. The number of rotatable bonds is 6. The minimum absolute atomic E-state index is 0.0288. The zero-order chi connectivity index (χ0) is 43.4. The van der Waals surface area contributed by atoms with Crippen LogP contribution < -0.4 is 5.32 Å². The first kappa shape index (κ1) is 38.5. The van der Waals surface area contributed by atoms with Crippen LogP contribution in [0.1, 0.15) is 58.9 Å². The van der Waals surface area contributed by atoms with Gasteiger partial charge in [0.1, 0.15) is 0 Å². The maximum absolute atomic E-state index is 11.8. The summed E-state index contributed by atoms with van der Waals surface area (Å²) in [6.07, 6.45) is 10.0. The molecule has 3 aromatic heterocycles. The number of nitro groups is 1. The second-order valence-electron chi connectivity index (χ2n) is 16.9. The van der Waals surface area contributed by atoms with Gasteiger partial charge in [0.15, 0.2) is 0 Å². The number of aromatic nitrogens is 4. The van der Waals surface area contributed by atoms with Crippen LogP contribution in [-0.2, 0) is 4.74 Å². The molecule has 0 saturated carbocycles. The van der Waals surface area contributed by atoms with E-state index < -0.39 is 0 Å². The number of nitro benzene ring substituents is 1. The number of hydrogen-bond acceptors (Lipinski definition) is 6. The fraction of sp³-hybridized carbons (Fsp3) is 0.107. The summed E-state index contributed by atoms with van der Waals surface area (Å²) >= 11 is 0. The molecule has 8 bridgehead atoms. The summed E-state index contributed by atoms with van der Waals surface area (Å²) in [5, 5.41) is 15.9. The Hall–Kier alpha value is -8.14. The molecule has 3 atom stereocenters. The molecule has 4 aliphatic heterocycles. The number of anilines is 1. The number of H-pyrrole nitrogens is 2. The molecule has 9 heteroatoms. The van der Waals surface area contributed by atoms with Gasteiger partial charge in [-0.05, 0) is 77.1 Å². The van der Waals surface area contributed by atoms with Gasteiger partial charge in [0.25, 0.3) is 5.69 Å². The molecule has 3 N–H and O–H groups in total. The van der Waals surface area contributed by atoms with E-state index in [1.165, 1.54) is 0 Å². The van der Waals surface area contributed by atoms with E-state index in [2.05, 4.69) is 149 Å². The van der Waals surface area contributed by atoms with Crippen molar-refractivity contribution >= 4 is 57.7 Å². The summed E-state index contributed by atoms with van der Waals surface area (Å²) in [6, 6.07) is 52.9. The summed E-state index contributed by atoms with van der Waals surface area (Å²) in [6.45, 7) is 0.613. The Morgan fingerprint density at radius 3 is 1.49 bits per heavy atom. The van der Waals surface area contributed by atoms with Crippen molar-refractivity contribution in [1.29, 1.82) is 0 Å². The highest BCUT2D eigenvalue weighted by Gasteiger charge is 2.43. The van der Waals surface area contributed by atoms with Crippen molar-refractivity contribution in [1.82, 2.24) is 19.9 Å². The van der Waals surface area contributed by atoms with Gasteiger partial charge in [0.2, 0.25) is 0 Å². The summed E-state index contributed by atoms with van der Waals surface area (Å²) in [7, 11) is 0. The highest BCUT2D eigenvalue weighted by Crippen LogP contribution is 2.55. The van der Waals surface area contributed by atoms with E-state index >= 15 is 0 Å². The lowest BCUT2D eigenvalue weighted by atomic mass is 9.77. The summed E-state index contributed by atoms with van der Waals surface area (Å²) in [5.74, 6) is 0.0288. The lowest BCUT2D eigenvalue weighted by Crippen LogP contribution is -2.35. The second kappa shape index (κ2) is 15.9. The van der Waals surface area contributed by atoms with Crippen molar-refractivity contribution in [3.8, 4) is 44.5 Å². The minimum Gasteiger partial charge on any atom is -0.376 e. The molecule has 0 unspecified atom stereocenters. The molecule has 5 aromatic carbocycles. The van der Waals surface area contributed by atoms with Crippen LogP contribution in [0.3, 0.4) is 0 Å². The van der Waals surface area contributed by atoms with E-state index in [9.17, 15) is 10.1 Å². The van der Waals surface area contributed by atoms with E-state index in [1.54, 1.807) is 12.1 Å². The zero-order valence-corrected chi connectivity index (χ0v) is 35.2. The van der Waals surface area contributed by atoms with E-state index in [0.717, 1.165) is 119 Å². The second-order valence-corrected chi connectivity index (χ2v) is 16.9. The van der Waals surface area contributed by atoms with E-state index in [4.69, 9.17) is 14.7 Å². The molecule has 65 heavy (non-hydrogen) atoms. The van der Waals surface area contributed by atoms with Crippen molar-refractivity contribution in [3.05, 3.63) is 202 Å². The molecule has 314 valence electrons. The van der Waals surface area contributed by atoms with Crippen LogP contribution in [0.2, 0.25) is 0 Å². The first-order valence-electron chi connectivity index (χ1n) is 22.1. The van der Waals surface area contributed by atoms with E-state index in [-0.39, 0.29) is 28.7 Å². The fourth-order valence-electron chi connectivity index (χ4n) is 10.3. The molecule has 0 radical (unpaired) electrons. The summed E-state index contributed by atoms with van der Waals surface area (Å²) < 4.78 is 6.98. The van der Waals surface area contributed by atoms with Gasteiger partial charge in [-0.3, -0.25) is 10.1 Å². The Kier molecular flexibility index (Phi) is 9.42. The predicted octanol–water partition coefficient (Wildman–Crippen LogP) is 13.9. The van der Waals surface area contributed by atoms with Gasteiger partial charge in [-0.15, -0.1) is 0 Å². The monoisotopic (exact) mass is 846 g/mol. The van der Waals surface area contributed by atoms with Gasteiger partial charge in [-0.25, -0.2) is 9.97 Å². The molecular weight excluding hydrogens is 805 g/mol. The normalized spacial score (nSPS) is 17.3. The molecule has 1 fully saturated rings. The van der Waals surface area contributed by atoms with Crippen LogP contribution in [0, 0.1) is 16.0 Å². The molecule has 7 heterocycles. The number of fused-ring (bicyclic) bond motifs is 13. The SMILES string of the molecule is O=[N+]([O-])c1ccc([C@H]2Nc3c(c4[nH]c3c(-c3ccccc3)c3nc(c(-c5ccccc5)c5ccc([nH]5)c(-c5ccccc5)c5nc(c4-c4ccccc4)C=C5)C=C3)[C@@H]3OCCC[C@H]23)cc1. The van der Waals surface area contributed by atoms with E-state index in [1.807, 2.05) is 36.4 Å². The van der Waals surface area contributed by atoms with Crippen LogP contribution in [0.25, 0.3) is 90.9 Å². The van der Waals surface area contributed by atoms with Gasteiger partial charge in [-0.1, -0.05) is 133 Å². The van der Waals surface area contributed by atoms with Crippen molar-refractivity contribution in [2.24, 2.45) is 5.92 Å². The third kappa shape index (κ3) is 6.67. The molecule has 12 rings (SSSR count). The molecular formula is C56H42N6O3. The summed E-state index contributed by atoms with van der Waals surface area (Å²) in [4.78, 5) is 30.5. The number of hydrogen-bond donors (Lipinski definition) is 3. The Morgan fingerprint density at radius 1 is 0.538 bits per heavy atom. The minimum atomic E-state index is -0.345. The Bertz CT molecular complexity index is 3380. The summed E-state index contributed by atoms with van der Waals surface area (Å²) in [5.41, 5.74) is 17.9. The quantitative estimate of drug-likeness (QED) is 0.113. The lowest BCUT2D eigenvalue weighted by molar-refractivity contribution is -0.384. The predicted molar refractivity (Wildman–Crippen MR) is 261 cm³/mol. The molecule has 0 spiro atoms. The van der Waals surface area contributed by atoms with Crippen molar-refractivity contribution in [3.63, 3.8) is 0 Å². The van der Waals surface area contributed by atoms with Crippen molar-refractivity contribution in [2.45, 2.75) is 25.0 Å². The average molecular weight is 847 g/mol. The topological polar surface area (TPSA) is 122 Å². The zero-order valence-electron chi connectivity index (χ0n) is 35.2. The van der Waals surface area contributed by atoms with Crippen LogP contribution in [-0.4, -0.2) is 31.5 Å². The molecule has 8 aromatic rings. The van der Waals surface area contributed by atoms with Crippen molar-refractivity contribution in [2.75, 3.05) is 11.9 Å². The van der Waals surface area contributed by atoms with Crippen LogP contribution >= 0.6 is 0 Å². The standard InChI is InChI=1S/C56H42N6O3/c63-62(64)39-25-23-38(24-26-39)52-40-22-13-33-65-56(40)51-53-49(36-18-9-3-10-19-36)45-31-29-43(58-45)47(34-14-5-1-6-15-34)41-27-28-42(57-41)48(35-16-7-2-8-17-35)44-30-32-46(59-44)50(37-20-11-4-12-21-37)54(61-53)55(51)60-52/h1-12,14-21,23-32,40,52,56-57,60-61H,13,22,33H2/t40-,52-,56-/m1/s1. The van der Waals surface area contributed by atoms with Gasteiger partial charge >= 0.3 is 0 Å². The number of nitrogens with one attached hydrogen (secondary N) is 3.